The Hall–Kier alpha value is -4.07. The Morgan fingerprint density at radius 2 is 1.83 bits per heavy atom. The van der Waals surface area contributed by atoms with Gasteiger partial charge in [0.05, 0.1) is 28.9 Å². The fraction of sp³-hybridized carbons (Fsp3) is 0.160. The molecule has 36 heavy (non-hydrogen) atoms. The number of carbonyl (C=O) groups is 1. The lowest BCUT2D eigenvalue weighted by molar-refractivity contribution is -0.119. The van der Waals surface area contributed by atoms with Crippen LogP contribution in [0.4, 0.5) is 5.69 Å². The summed E-state index contributed by atoms with van der Waals surface area (Å²) in [5.41, 5.74) is 4.08. The Morgan fingerprint density at radius 3 is 2.44 bits per heavy atom. The van der Waals surface area contributed by atoms with Crippen molar-refractivity contribution in [1.29, 1.82) is 5.26 Å². The van der Waals surface area contributed by atoms with E-state index in [1.165, 1.54) is 43.7 Å². The lowest BCUT2D eigenvalue weighted by Gasteiger charge is -2.24. The predicted molar refractivity (Wildman–Crippen MR) is 137 cm³/mol. The van der Waals surface area contributed by atoms with Gasteiger partial charge in [0.2, 0.25) is 0 Å². The number of hydrogen-bond donors (Lipinski definition) is 1. The number of hydrazone groups is 1. The molecule has 1 N–H and O–H groups in total. The first-order chi connectivity index (χ1) is 17.2. The number of hydrogen-bond acceptors (Lipinski definition) is 7. The molecule has 3 aromatic carbocycles. The number of rotatable bonds is 10. The average Bonchev–Trinajstić information content (AvgIpc) is 2.87. The highest BCUT2D eigenvalue weighted by Gasteiger charge is 2.27. The molecule has 9 nitrogen and oxygen atoms in total. The molecule has 0 saturated carbocycles. The molecule has 0 aliphatic rings. The number of nitrogens with one attached hydrogen (secondary N) is 1. The van der Waals surface area contributed by atoms with Gasteiger partial charge in [-0.1, -0.05) is 29.3 Å². The standard InChI is InChI=1S/C25H23ClN4O5S/c1-18-3-10-22(11-4-18)36(32,33)30(20-7-12-24(34-2)23(26)15-20)17-25(31)29-28-16-19-5-8-21(9-6-19)35-14-13-27/h3-12,15-16H,14,17H2,1-2H3,(H,29,31)/b28-16-. The van der Waals surface area contributed by atoms with Crippen LogP contribution in [-0.2, 0) is 14.8 Å². The number of carbonyl (C=O) groups excluding carboxylic acids is 1. The van der Waals surface area contributed by atoms with Gasteiger partial charge in [-0.05, 0) is 67.1 Å². The Labute approximate surface area is 214 Å². The molecule has 0 spiro atoms. The van der Waals surface area contributed by atoms with Crippen molar-refractivity contribution in [3.8, 4) is 17.6 Å². The molecule has 0 saturated heterocycles. The Kier molecular flexibility index (Phi) is 8.89. The van der Waals surface area contributed by atoms with E-state index >= 15 is 0 Å². The van der Waals surface area contributed by atoms with Gasteiger partial charge in [-0.25, -0.2) is 13.8 Å². The molecule has 3 rings (SSSR count). The van der Waals surface area contributed by atoms with E-state index in [1.807, 2.05) is 13.0 Å². The predicted octanol–water partition coefficient (Wildman–Crippen LogP) is 3.91. The van der Waals surface area contributed by atoms with Gasteiger partial charge in [0.1, 0.15) is 24.1 Å². The van der Waals surface area contributed by atoms with Crippen LogP contribution < -0.4 is 19.2 Å². The zero-order valence-electron chi connectivity index (χ0n) is 19.5. The molecule has 3 aromatic rings. The summed E-state index contributed by atoms with van der Waals surface area (Å²) in [4.78, 5) is 12.7. The number of anilines is 1. The third-order valence-corrected chi connectivity index (χ3v) is 6.99. The molecule has 0 fully saturated rings. The van der Waals surface area contributed by atoms with Crippen molar-refractivity contribution in [2.75, 3.05) is 24.6 Å². The van der Waals surface area contributed by atoms with E-state index in [0.717, 1.165) is 9.87 Å². The molecule has 0 radical (unpaired) electrons. The molecule has 0 aliphatic carbocycles. The third-order valence-electron chi connectivity index (χ3n) is 4.91. The van der Waals surface area contributed by atoms with Crippen LogP contribution >= 0.6 is 11.6 Å². The summed E-state index contributed by atoms with van der Waals surface area (Å²) in [6.07, 6.45) is 1.40. The molecule has 0 bridgehead atoms. The van der Waals surface area contributed by atoms with Crippen molar-refractivity contribution in [3.63, 3.8) is 0 Å². The summed E-state index contributed by atoms with van der Waals surface area (Å²) < 4.78 is 38.2. The fourth-order valence-corrected chi connectivity index (χ4v) is 4.74. The molecule has 0 aliphatic heterocycles. The smallest absolute Gasteiger partial charge is 0.264 e. The molecule has 11 heteroatoms. The van der Waals surface area contributed by atoms with E-state index in [9.17, 15) is 13.2 Å². The number of methoxy groups -OCH3 is 1. The molecule has 0 atom stereocenters. The Morgan fingerprint density at radius 1 is 1.14 bits per heavy atom. The summed E-state index contributed by atoms with van der Waals surface area (Å²) >= 11 is 6.22. The van der Waals surface area contributed by atoms with Gasteiger partial charge in [-0.3, -0.25) is 9.10 Å². The highest BCUT2D eigenvalue weighted by molar-refractivity contribution is 7.92. The van der Waals surface area contributed by atoms with E-state index in [0.29, 0.717) is 17.1 Å². The van der Waals surface area contributed by atoms with Crippen molar-refractivity contribution in [3.05, 3.63) is 82.9 Å². The van der Waals surface area contributed by atoms with E-state index in [-0.39, 0.29) is 22.2 Å². The molecular formula is C25H23ClN4O5S. The topological polar surface area (TPSA) is 121 Å². The first-order valence-corrected chi connectivity index (χ1v) is 12.4. The lowest BCUT2D eigenvalue weighted by Crippen LogP contribution is -2.39. The van der Waals surface area contributed by atoms with Crippen LogP contribution in [0.3, 0.4) is 0 Å². The van der Waals surface area contributed by atoms with Gasteiger partial charge in [-0.2, -0.15) is 10.4 Å². The Bertz CT molecular complexity index is 1390. The molecule has 0 heterocycles. The second-order valence-corrected chi connectivity index (χ2v) is 9.72. The zero-order chi connectivity index (χ0) is 26.1. The minimum absolute atomic E-state index is 0.0232. The lowest BCUT2D eigenvalue weighted by atomic mass is 10.2. The van der Waals surface area contributed by atoms with E-state index in [2.05, 4.69) is 10.5 Å². The van der Waals surface area contributed by atoms with Crippen LogP contribution in [0.25, 0.3) is 0 Å². The highest BCUT2D eigenvalue weighted by atomic mass is 35.5. The minimum Gasteiger partial charge on any atom is -0.495 e. The van der Waals surface area contributed by atoms with Crippen LogP contribution in [0.5, 0.6) is 11.5 Å². The number of benzene rings is 3. The highest BCUT2D eigenvalue weighted by Crippen LogP contribution is 2.32. The number of ether oxygens (including phenoxy) is 2. The average molecular weight is 527 g/mol. The molecule has 1 amide bonds. The SMILES string of the molecule is COc1ccc(N(CC(=O)N/N=C\c2ccc(OCC#N)cc2)S(=O)(=O)c2ccc(C)cc2)cc1Cl. The van der Waals surface area contributed by atoms with Gasteiger partial charge < -0.3 is 9.47 Å². The van der Waals surface area contributed by atoms with Crippen molar-refractivity contribution in [2.45, 2.75) is 11.8 Å². The molecular weight excluding hydrogens is 504 g/mol. The summed E-state index contributed by atoms with van der Waals surface area (Å²) in [5.74, 6) is 0.224. The summed E-state index contributed by atoms with van der Waals surface area (Å²) in [6.45, 7) is 1.23. The van der Waals surface area contributed by atoms with Crippen molar-refractivity contribution in [1.82, 2.24) is 5.43 Å². The van der Waals surface area contributed by atoms with Gasteiger partial charge in [0.15, 0.2) is 6.61 Å². The van der Waals surface area contributed by atoms with Crippen LogP contribution in [0.1, 0.15) is 11.1 Å². The first kappa shape index (κ1) is 26.5. The largest absolute Gasteiger partial charge is 0.495 e. The number of halogens is 1. The van der Waals surface area contributed by atoms with Crippen LogP contribution in [0.2, 0.25) is 5.02 Å². The van der Waals surface area contributed by atoms with E-state index in [4.69, 9.17) is 26.3 Å². The first-order valence-electron chi connectivity index (χ1n) is 10.6. The molecule has 0 aromatic heterocycles. The fourth-order valence-electron chi connectivity index (χ4n) is 3.07. The summed E-state index contributed by atoms with van der Waals surface area (Å²) in [6, 6.07) is 19.3. The van der Waals surface area contributed by atoms with Crippen molar-refractivity contribution < 1.29 is 22.7 Å². The quantitative estimate of drug-likeness (QED) is 0.316. The second-order valence-electron chi connectivity index (χ2n) is 7.45. The normalized spacial score (nSPS) is 11.1. The van der Waals surface area contributed by atoms with Gasteiger partial charge >= 0.3 is 0 Å². The van der Waals surface area contributed by atoms with Gasteiger partial charge in [0.25, 0.3) is 15.9 Å². The maximum atomic E-state index is 13.4. The molecule has 186 valence electrons. The number of sulfonamides is 1. The van der Waals surface area contributed by atoms with Crippen LogP contribution in [0.15, 0.2) is 76.7 Å². The summed E-state index contributed by atoms with van der Waals surface area (Å²) in [7, 11) is -2.66. The number of aryl methyl sites for hydroxylation is 1. The molecule has 0 unspecified atom stereocenters. The van der Waals surface area contributed by atoms with E-state index < -0.39 is 22.5 Å². The van der Waals surface area contributed by atoms with Gasteiger partial charge in [0, 0.05) is 0 Å². The third kappa shape index (κ3) is 6.75. The number of nitrogens with zero attached hydrogens (tertiary/aromatic N) is 3. The van der Waals surface area contributed by atoms with E-state index in [1.54, 1.807) is 36.4 Å². The van der Waals surface area contributed by atoms with Crippen LogP contribution in [0, 0.1) is 18.3 Å². The summed E-state index contributed by atoms with van der Waals surface area (Å²) in [5, 5.41) is 12.7. The van der Waals surface area contributed by atoms with Crippen LogP contribution in [-0.4, -0.2) is 40.8 Å². The van der Waals surface area contributed by atoms with Crippen molar-refractivity contribution in [2.24, 2.45) is 5.10 Å². The zero-order valence-corrected chi connectivity index (χ0v) is 21.1. The maximum Gasteiger partial charge on any atom is 0.264 e. The minimum atomic E-state index is -4.11. The number of nitriles is 1. The maximum absolute atomic E-state index is 13.4. The number of amides is 1. The van der Waals surface area contributed by atoms with Gasteiger partial charge in [-0.15, -0.1) is 0 Å². The second kappa shape index (κ2) is 12.1. The monoisotopic (exact) mass is 526 g/mol. The van der Waals surface area contributed by atoms with Crippen molar-refractivity contribution >= 4 is 39.4 Å². The Balaban J connectivity index is 1.80.